The molecule has 2 aromatic rings. The van der Waals surface area contributed by atoms with Crippen LogP contribution in [0.15, 0.2) is 18.2 Å². The van der Waals surface area contributed by atoms with Crippen molar-refractivity contribution in [2.75, 3.05) is 17.7 Å². The third-order valence-corrected chi connectivity index (χ3v) is 2.87. The molecule has 0 fully saturated rings. The topological polar surface area (TPSA) is 76.1 Å². The maximum absolute atomic E-state index is 13.5. The Bertz CT molecular complexity index is 679. The van der Waals surface area contributed by atoms with Gasteiger partial charge in [0.2, 0.25) is 0 Å². The van der Waals surface area contributed by atoms with Gasteiger partial charge in [0.1, 0.15) is 17.3 Å². The van der Waals surface area contributed by atoms with Crippen molar-refractivity contribution in [2.45, 2.75) is 13.8 Å². The van der Waals surface area contributed by atoms with Crippen molar-refractivity contribution >= 4 is 17.4 Å². The number of methoxy groups -OCH3 is 1. The molecule has 0 unspecified atom stereocenters. The first-order chi connectivity index (χ1) is 10.4. The summed E-state index contributed by atoms with van der Waals surface area (Å²) >= 11 is 0. The second-order valence-electron chi connectivity index (χ2n) is 4.43. The van der Waals surface area contributed by atoms with Crippen LogP contribution in [0, 0.1) is 25.5 Å². The standard InChI is InChI=1S/C14H14F2N4O2/c1-7-11(8(2)18-14(17-7)22-3)19-13(21)20-12-9(15)5-4-6-10(12)16/h4-6H,1-3H3,(H2,19,20,21). The minimum absolute atomic E-state index is 0.168. The van der Waals surface area contributed by atoms with Crippen molar-refractivity contribution < 1.29 is 18.3 Å². The molecular formula is C14H14F2N4O2. The van der Waals surface area contributed by atoms with Crippen molar-refractivity contribution in [3.63, 3.8) is 0 Å². The Morgan fingerprint density at radius 1 is 1.05 bits per heavy atom. The predicted octanol–water partition coefficient (Wildman–Crippen LogP) is 3.02. The van der Waals surface area contributed by atoms with Gasteiger partial charge < -0.3 is 15.4 Å². The average molecular weight is 308 g/mol. The van der Waals surface area contributed by atoms with Gasteiger partial charge >= 0.3 is 12.0 Å². The van der Waals surface area contributed by atoms with Crippen LogP contribution in [0.3, 0.4) is 0 Å². The summed E-state index contributed by atoms with van der Waals surface area (Å²) in [7, 11) is 1.43. The molecule has 0 aliphatic rings. The lowest BCUT2D eigenvalue weighted by Crippen LogP contribution is -2.22. The minimum Gasteiger partial charge on any atom is -0.467 e. The van der Waals surface area contributed by atoms with Crippen LogP contribution >= 0.6 is 0 Å². The second kappa shape index (κ2) is 6.33. The number of urea groups is 1. The maximum Gasteiger partial charge on any atom is 0.323 e. The fraction of sp³-hybridized carbons (Fsp3) is 0.214. The summed E-state index contributed by atoms with van der Waals surface area (Å²) in [5, 5.41) is 4.59. The number of halogens is 2. The van der Waals surface area contributed by atoms with Crippen LogP contribution in [0.4, 0.5) is 25.0 Å². The van der Waals surface area contributed by atoms with E-state index in [0.29, 0.717) is 17.1 Å². The minimum atomic E-state index is -0.866. The van der Waals surface area contributed by atoms with Crippen molar-refractivity contribution in [3.8, 4) is 6.01 Å². The first kappa shape index (κ1) is 15.6. The Morgan fingerprint density at radius 2 is 1.55 bits per heavy atom. The highest BCUT2D eigenvalue weighted by Crippen LogP contribution is 2.21. The molecule has 2 N–H and O–H groups in total. The number of hydrogen-bond acceptors (Lipinski definition) is 4. The maximum atomic E-state index is 13.5. The number of aromatic nitrogens is 2. The van der Waals surface area contributed by atoms with Gasteiger partial charge in [-0.25, -0.2) is 13.6 Å². The number of anilines is 2. The zero-order valence-corrected chi connectivity index (χ0v) is 12.2. The summed E-state index contributed by atoms with van der Waals surface area (Å²) in [6.45, 7) is 3.30. The van der Waals surface area contributed by atoms with Gasteiger partial charge in [0.25, 0.3) is 0 Å². The van der Waals surface area contributed by atoms with E-state index >= 15 is 0 Å². The highest BCUT2D eigenvalue weighted by atomic mass is 19.1. The van der Waals surface area contributed by atoms with Crippen LogP contribution < -0.4 is 15.4 Å². The van der Waals surface area contributed by atoms with E-state index in [1.54, 1.807) is 13.8 Å². The number of aryl methyl sites for hydroxylation is 2. The molecular weight excluding hydrogens is 294 g/mol. The molecule has 0 aliphatic heterocycles. The number of amides is 2. The van der Waals surface area contributed by atoms with Crippen molar-refractivity contribution in [3.05, 3.63) is 41.2 Å². The van der Waals surface area contributed by atoms with Crippen LogP contribution in [0.5, 0.6) is 6.01 Å². The van der Waals surface area contributed by atoms with E-state index in [9.17, 15) is 13.6 Å². The van der Waals surface area contributed by atoms with Crippen LogP contribution in [-0.4, -0.2) is 23.1 Å². The Morgan fingerprint density at radius 3 is 2.05 bits per heavy atom. The number of benzene rings is 1. The number of carbonyl (C=O) groups is 1. The number of nitrogens with zero attached hydrogens (tertiary/aromatic N) is 2. The highest BCUT2D eigenvalue weighted by molar-refractivity contribution is 6.00. The van der Waals surface area contributed by atoms with E-state index in [-0.39, 0.29) is 6.01 Å². The predicted molar refractivity (Wildman–Crippen MR) is 77.1 cm³/mol. The number of ether oxygens (including phenoxy) is 1. The monoisotopic (exact) mass is 308 g/mol. The third kappa shape index (κ3) is 3.27. The number of para-hydroxylation sites is 1. The van der Waals surface area contributed by atoms with E-state index in [0.717, 1.165) is 12.1 Å². The van der Waals surface area contributed by atoms with E-state index in [1.165, 1.54) is 13.2 Å². The molecule has 6 nitrogen and oxygen atoms in total. The van der Waals surface area contributed by atoms with Gasteiger partial charge in [0.05, 0.1) is 24.2 Å². The first-order valence-corrected chi connectivity index (χ1v) is 6.33. The summed E-state index contributed by atoms with van der Waals surface area (Å²) in [6.07, 6.45) is 0. The fourth-order valence-corrected chi connectivity index (χ4v) is 1.83. The largest absolute Gasteiger partial charge is 0.467 e. The Labute approximate surface area is 125 Å². The fourth-order valence-electron chi connectivity index (χ4n) is 1.83. The lowest BCUT2D eigenvalue weighted by atomic mass is 10.3. The number of rotatable bonds is 3. The van der Waals surface area contributed by atoms with E-state index in [2.05, 4.69) is 20.6 Å². The molecule has 1 aromatic carbocycles. The highest BCUT2D eigenvalue weighted by Gasteiger charge is 2.15. The molecule has 1 heterocycles. The lowest BCUT2D eigenvalue weighted by molar-refractivity contribution is 0.262. The summed E-state index contributed by atoms with van der Waals surface area (Å²) in [6, 6.07) is 2.67. The molecule has 0 saturated carbocycles. The summed E-state index contributed by atoms with van der Waals surface area (Å²) in [5.41, 5.74) is 0.752. The van der Waals surface area contributed by atoms with Gasteiger partial charge in [0, 0.05) is 0 Å². The molecule has 0 atom stereocenters. The Balaban J connectivity index is 2.20. The third-order valence-electron chi connectivity index (χ3n) is 2.87. The van der Waals surface area contributed by atoms with Crippen LogP contribution in [0.25, 0.3) is 0 Å². The quantitative estimate of drug-likeness (QED) is 0.914. The molecule has 0 aliphatic carbocycles. The number of carbonyl (C=O) groups excluding carboxylic acids is 1. The van der Waals surface area contributed by atoms with Crippen molar-refractivity contribution in [2.24, 2.45) is 0 Å². The summed E-state index contributed by atoms with van der Waals surface area (Å²) in [5.74, 6) is -1.73. The van der Waals surface area contributed by atoms with E-state index < -0.39 is 23.4 Å². The normalized spacial score (nSPS) is 10.2. The van der Waals surface area contributed by atoms with Crippen molar-refractivity contribution in [1.82, 2.24) is 9.97 Å². The molecule has 2 rings (SSSR count). The van der Waals surface area contributed by atoms with Crippen LogP contribution in [0.2, 0.25) is 0 Å². The van der Waals surface area contributed by atoms with E-state index in [4.69, 9.17) is 4.74 Å². The van der Waals surface area contributed by atoms with Gasteiger partial charge in [-0.15, -0.1) is 0 Å². The molecule has 8 heteroatoms. The molecule has 116 valence electrons. The number of nitrogens with one attached hydrogen (secondary N) is 2. The average Bonchev–Trinajstić information content (AvgIpc) is 2.46. The van der Waals surface area contributed by atoms with Gasteiger partial charge in [0.15, 0.2) is 0 Å². The zero-order valence-electron chi connectivity index (χ0n) is 12.2. The first-order valence-electron chi connectivity index (χ1n) is 6.33. The smallest absolute Gasteiger partial charge is 0.323 e. The second-order valence-corrected chi connectivity index (χ2v) is 4.43. The molecule has 0 saturated heterocycles. The van der Waals surface area contributed by atoms with Gasteiger partial charge in [-0.05, 0) is 26.0 Å². The lowest BCUT2D eigenvalue weighted by Gasteiger charge is -2.13. The van der Waals surface area contributed by atoms with E-state index in [1.807, 2.05) is 0 Å². The van der Waals surface area contributed by atoms with Gasteiger partial charge in [-0.1, -0.05) is 6.07 Å². The summed E-state index contributed by atoms with van der Waals surface area (Å²) in [4.78, 5) is 20.0. The Hall–Kier alpha value is -2.77. The van der Waals surface area contributed by atoms with Gasteiger partial charge in [-0.3, -0.25) is 0 Å². The van der Waals surface area contributed by atoms with Crippen LogP contribution in [-0.2, 0) is 0 Å². The number of hydrogen-bond donors (Lipinski definition) is 2. The van der Waals surface area contributed by atoms with Crippen molar-refractivity contribution in [1.29, 1.82) is 0 Å². The Kier molecular flexibility index (Phi) is 4.50. The molecule has 0 bridgehead atoms. The molecule has 0 radical (unpaired) electrons. The molecule has 0 spiro atoms. The van der Waals surface area contributed by atoms with Gasteiger partial charge in [-0.2, -0.15) is 9.97 Å². The van der Waals surface area contributed by atoms with Crippen LogP contribution in [0.1, 0.15) is 11.4 Å². The molecule has 22 heavy (non-hydrogen) atoms. The molecule has 2 amide bonds. The molecule has 1 aromatic heterocycles. The zero-order chi connectivity index (χ0) is 16.3. The SMILES string of the molecule is COc1nc(C)c(NC(=O)Nc2c(F)cccc2F)c(C)n1. The summed E-state index contributed by atoms with van der Waals surface area (Å²) < 4.78 is 31.9.